The monoisotopic (exact) mass is 195 g/mol. The summed E-state index contributed by atoms with van der Waals surface area (Å²) in [5.74, 6) is 0.933. The summed E-state index contributed by atoms with van der Waals surface area (Å²) < 4.78 is 1.78. The van der Waals surface area contributed by atoms with Gasteiger partial charge in [0.2, 0.25) is 0 Å². The van der Waals surface area contributed by atoms with Gasteiger partial charge in [0.25, 0.3) is 0 Å². The Morgan fingerprint density at radius 2 is 2.15 bits per heavy atom. The summed E-state index contributed by atoms with van der Waals surface area (Å²) in [7, 11) is 3.92. The summed E-state index contributed by atoms with van der Waals surface area (Å²) >= 11 is 5.83. The van der Waals surface area contributed by atoms with Crippen molar-refractivity contribution in [3.63, 3.8) is 0 Å². The number of rotatable bonds is 1. The molecule has 2 aromatic rings. The molecule has 0 unspecified atom stereocenters. The van der Waals surface area contributed by atoms with Crippen LogP contribution in [0.3, 0.4) is 0 Å². The zero-order chi connectivity index (χ0) is 9.42. The maximum absolute atomic E-state index is 5.83. The first-order chi connectivity index (χ1) is 6.16. The van der Waals surface area contributed by atoms with E-state index in [0.717, 1.165) is 11.3 Å². The molecule has 0 aliphatic heterocycles. The Morgan fingerprint density at radius 3 is 2.85 bits per heavy atom. The fourth-order valence-corrected chi connectivity index (χ4v) is 1.32. The summed E-state index contributed by atoms with van der Waals surface area (Å²) in [4.78, 5) is 1.96. The standard InChI is InChI=1S/C9H10ClN3/c1-12(2)9-5-8-4-3-7(10)6-13(8)11-9/h3-6H,1-2H3. The Balaban J connectivity index is 2.62. The smallest absolute Gasteiger partial charge is 0.151 e. The number of hydrogen-bond acceptors (Lipinski definition) is 2. The van der Waals surface area contributed by atoms with Gasteiger partial charge in [0.05, 0.1) is 10.5 Å². The fraction of sp³-hybridized carbons (Fsp3) is 0.222. The predicted octanol–water partition coefficient (Wildman–Crippen LogP) is 2.05. The fourth-order valence-electron chi connectivity index (χ4n) is 1.17. The lowest BCUT2D eigenvalue weighted by atomic mass is 10.4. The maximum Gasteiger partial charge on any atom is 0.151 e. The number of fused-ring (bicyclic) bond motifs is 1. The van der Waals surface area contributed by atoms with Crippen molar-refractivity contribution in [3.05, 3.63) is 29.4 Å². The first-order valence-electron chi connectivity index (χ1n) is 3.99. The van der Waals surface area contributed by atoms with Crippen LogP contribution in [0.1, 0.15) is 0 Å². The van der Waals surface area contributed by atoms with Crippen molar-refractivity contribution in [3.8, 4) is 0 Å². The number of aromatic nitrogens is 2. The van der Waals surface area contributed by atoms with E-state index in [2.05, 4.69) is 5.10 Å². The van der Waals surface area contributed by atoms with E-state index in [9.17, 15) is 0 Å². The Kier molecular flexibility index (Phi) is 1.88. The van der Waals surface area contributed by atoms with Crippen LogP contribution in [0, 0.1) is 0 Å². The van der Waals surface area contributed by atoms with Gasteiger partial charge in [0.15, 0.2) is 5.82 Å². The molecule has 0 aromatic carbocycles. The van der Waals surface area contributed by atoms with Gasteiger partial charge in [-0.25, -0.2) is 4.52 Å². The first kappa shape index (κ1) is 8.38. The molecule has 0 aliphatic rings. The second kappa shape index (κ2) is 2.92. The maximum atomic E-state index is 5.83. The number of anilines is 1. The van der Waals surface area contributed by atoms with Crippen LogP contribution in [-0.2, 0) is 0 Å². The summed E-state index contributed by atoms with van der Waals surface area (Å²) in [6.45, 7) is 0. The van der Waals surface area contributed by atoms with Gasteiger partial charge in [0.1, 0.15) is 0 Å². The van der Waals surface area contributed by atoms with Crippen molar-refractivity contribution in [2.24, 2.45) is 0 Å². The highest BCUT2D eigenvalue weighted by atomic mass is 35.5. The molecule has 2 heterocycles. The number of pyridine rings is 1. The lowest BCUT2D eigenvalue weighted by Gasteiger charge is -2.05. The predicted molar refractivity (Wildman–Crippen MR) is 54.5 cm³/mol. The minimum Gasteiger partial charge on any atom is -0.361 e. The topological polar surface area (TPSA) is 20.5 Å². The van der Waals surface area contributed by atoms with E-state index in [1.807, 2.05) is 37.2 Å². The molecule has 0 atom stereocenters. The lowest BCUT2D eigenvalue weighted by molar-refractivity contribution is 0.930. The van der Waals surface area contributed by atoms with Crippen molar-refractivity contribution in [2.75, 3.05) is 19.0 Å². The largest absolute Gasteiger partial charge is 0.361 e. The second-order valence-corrected chi connectivity index (χ2v) is 3.55. The summed E-state index contributed by atoms with van der Waals surface area (Å²) in [6, 6.07) is 5.82. The Labute approximate surface area is 81.5 Å². The molecule has 0 spiro atoms. The van der Waals surface area contributed by atoms with Gasteiger partial charge in [-0.1, -0.05) is 11.6 Å². The molecular weight excluding hydrogens is 186 g/mol. The van der Waals surface area contributed by atoms with Crippen molar-refractivity contribution < 1.29 is 0 Å². The summed E-state index contributed by atoms with van der Waals surface area (Å²) in [5, 5.41) is 5.03. The van der Waals surface area contributed by atoms with Gasteiger partial charge in [0, 0.05) is 26.4 Å². The molecule has 0 N–H and O–H groups in total. The van der Waals surface area contributed by atoms with Crippen LogP contribution in [0.25, 0.3) is 5.52 Å². The Bertz CT molecular complexity index is 433. The van der Waals surface area contributed by atoms with E-state index in [-0.39, 0.29) is 0 Å². The van der Waals surface area contributed by atoms with Gasteiger partial charge in [-0.2, -0.15) is 5.10 Å². The minimum atomic E-state index is 0.695. The van der Waals surface area contributed by atoms with Gasteiger partial charge >= 0.3 is 0 Å². The highest BCUT2D eigenvalue weighted by Gasteiger charge is 2.02. The minimum absolute atomic E-state index is 0.695. The lowest BCUT2D eigenvalue weighted by Crippen LogP contribution is -2.08. The highest BCUT2D eigenvalue weighted by molar-refractivity contribution is 6.30. The molecule has 3 nitrogen and oxygen atoms in total. The van der Waals surface area contributed by atoms with Crippen LogP contribution in [0.4, 0.5) is 5.82 Å². The van der Waals surface area contributed by atoms with Crippen LogP contribution in [0.2, 0.25) is 5.02 Å². The summed E-state index contributed by atoms with van der Waals surface area (Å²) in [6.07, 6.45) is 1.80. The third kappa shape index (κ3) is 1.47. The molecule has 0 saturated carbocycles. The molecule has 13 heavy (non-hydrogen) atoms. The van der Waals surface area contributed by atoms with Crippen molar-refractivity contribution in [1.82, 2.24) is 9.61 Å². The van der Waals surface area contributed by atoms with Crippen molar-refractivity contribution in [1.29, 1.82) is 0 Å². The van der Waals surface area contributed by atoms with E-state index in [1.165, 1.54) is 0 Å². The van der Waals surface area contributed by atoms with Gasteiger partial charge < -0.3 is 4.90 Å². The quantitative estimate of drug-likeness (QED) is 0.695. The van der Waals surface area contributed by atoms with Crippen molar-refractivity contribution in [2.45, 2.75) is 0 Å². The molecule has 2 rings (SSSR count). The average Bonchev–Trinajstić information content (AvgIpc) is 2.46. The SMILES string of the molecule is CN(C)c1cc2ccc(Cl)cn2n1. The van der Waals surface area contributed by atoms with Gasteiger partial charge in [-0.15, -0.1) is 0 Å². The number of hydrogen-bond donors (Lipinski definition) is 0. The van der Waals surface area contributed by atoms with Gasteiger partial charge in [-0.05, 0) is 12.1 Å². The Hall–Kier alpha value is -1.22. The van der Waals surface area contributed by atoms with E-state index >= 15 is 0 Å². The second-order valence-electron chi connectivity index (χ2n) is 3.11. The van der Waals surface area contributed by atoms with E-state index in [1.54, 1.807) is 10.7 Å². The van der Waals surface area contributed by atoms with E-state index in [4.69, 9.17) is 11.6 Å². The van der Waals surface area contributed by atoms with Gasteiger partial charge in [-0.3, -0.25) is 0 Å². The molecular formula is C9H10ClN3. The zero-order valence-corrected chi connectivity index (χ0v) is 8.28. The zero-order valence-electron chi connectivity index (χ0n) is 7.53. The van der Waals surface area contributed by atoms with Crippen LogP contribution in [0.15, 0.2) is 24.4 Å². The first-order valence-corrected chi connectivity index (χ1v) is 4.37. The molecule has 4 heteroatoms. The Morgan fingerprint density at radius 1 is 1.38 bits per heavy atom. The third-order valence-corrected chi connectivity index (χ3v) is 2.09. The van der Waals surface area contributed by atoms with Crippen molar-refractivity contribution >= 4 is 22.9 Å². The van der Waals surface area contributed by atoms with Crippen LogP contribution < -0.4 is 4.90 Å². The van der Waals surface area contributed by atoms with E-state index < -0.39 is 0 Å². The van der Waals surface area contributed by atoms with E-state index in [0.29, 0.717) is 5.02 Å². The average molecular weight is 196 g/mol. The molecule has 0 bridgehead atoms. The summed E-state index contributed by atoms with van der Waals surface area (Å²) in [5.41, 5.74) is 1.05. The molecule has 0 fully saturated rings. The normalized spacial score (nSPS) is 10.7. The number of halogens is 1. The molecule has 0 radical (unpaired) electrons. The molecule has 0 saturated heterocycles. The molecule has 0 amide bonds. The third-order valence-electron chi connectivity index (χ3n) is 1.87. The molecule has 68 valence electrons. The number of nitrogens with zero attached hydrogens (tertiary/aromatic N) is 3. The highest BCUT2D eigenvalue weighted by Crippen LogP contribution is 2.15. The van der Waals surface area contributed by atoms with Crippen LogP contribution in [-0.4, -0.2) is 23.7 Å². The molecule has 2 aromatic heterocycles. The van der Waals surface area contributed by atoms with Crippen LogP contribution >= 0.6 is 11.6 Å². The van der Waals surface area contributed by atoms with Crippen LogP contribution in [0.5, 0.6) is 0 Å². The molecule has 0 aliphatic carbocycles.